The number of carbonyl (C=O) groups excluding carboxylic acids is 1. The number of carbonyl (C=O) groups is 1. The van der Waals surface area contributed by atoms with Gasteiger partial charge >= 0.3 is 0 Å². The van der Waals surface area contributed by atoms with Crippen molar-refractivity contribution in [3.8, 4) is 0 Å². The minimum atomic E-state index is -0.474. The van der Waals surface area contributed by atoms with E-state index in [0.717, 1.165) is 11.6 Å². The Bertz CT molecular complexity index is 886. The maximum atomic E-state index is 13.1. The van der Waals surface area contributed by atoms with Gasteiger partial charge in [-0.3, -0.25) is 4.79 Å². The number of hydrogen-bond donors (Lipinski definition) is 2. The van der Waals surface area contributed by atoms with Crippen molar-refractivity contribution in [3.05, 3.63) is 82.6 Å². The first-order valence-electron chi connectivity index (χ1n) is 7.50. The largest absolute Gasteiger partial charge is 0.364 e. The second-order valence-corrected chi connectivity index (χ2v) is 5.62. The lowest BCUT2D eigenvalue weighted by Crippen LogP contribution is -2.14. The minimum absolute atomic E-state index is 0.211. The van der Waals surface area contributed by atoms with Gasteiger partial charge in [0.05, 0.1) is 0 Å². The van der Waals surface area contributed by atoms with E-state index in [4.69, 9.17) is 11.6 Å². The molecule has 1 aromatic heterocycles. The summed E-state index contributed by atoms with van der Waals surface area (Å²) < 4.78 is 13.1. The van der Waals surface area contributed by atoms with Gasteiger partial charge in [-0.2, -0.15) is 0 Å². The number of rotatable bonds is 5. The maximum absolute atomic E-state index is 13.1. The van der Waals surface area contributed by atoms with Gasteiger partial charge in [0, 0.05) is 17.1 Å². The van der Waals surface area contributed by atoms with Crippen LogP contribution in [0.15, 0.2) is 60.7 Å². The molecule has 0 saturated heterocycles. The van der Waals surface area contributed by atoms with E-state index >= 15 is 0 Å². The molecule has 0 spiro atoms. The van der Waals surface area contributed by atoms with E-state index in [1.54, 1.807) is 12.1 Å². The third-order valence-electron chi connectivity index (χ3n) is 3.41. The molecule has 0 radical (unpaired) electrons. The monoisotopic (exact) mass is 356 g/mol. The van der Waals surface area contributed by atoms with Crippen LogP contribution in [0.2, 0.25) is 5.02 Å². The summed E-state index contributed by atoms with van der Waals surface area (Å²) in [4.78, 5) is 12.0. The molecule has 1 amide bonds. The van der Waals surface area contributed by atoms with E-state index in [-0.39, 0.29) is 11.4 Å². The van der Waals surface area contributed by atoms with Crippen LogP contribution in [0, 0.1) is 5.82 Å². The van der Waals surface area contributed by atoms with Gasteiger partial charge in [0.15, 0.2) is 5.82 Å². The molecule has 0 aliphatic heterocycles. The van der Waals surface area contributed by atoms with Crippen LogP contribution in [0.25, 0.3) is 0 Å². The Labute approximate surface area is 148 Å². The van der Waals surface area contributed by atoms with Crippen LogP contribution >= 0.6 is 11.6 Å². The Hall–Kier alpha value is -2.99. The average molecular weight is 357 g/mol. The molecule has 2 aromatic carbocycles. The van der Waals surface area contributed by atoms with Gasteiger partial charge < -0.3 is 10.6 Å². The van der Waals surface area contributed by atoms with Crippen molar-refractivity contribution in [2.75, 3.05) is 10.6 Å². The number of nitrogens with zero attached hydrogens (tertiary/aromatic N) is 2. The normalized spacial score (nSPS) is 10.3. The minimum Gasteiger partial charge on any atom is -0.364 e. The topological polar surface area (TPSA) is 66.9 Å². The third-order valence-corrected chi connectivity index (χ3v) is 3.78. The first kappa shape index (κ1) is 16.9. The van der Waals surface area contributed by atoms with Gasteiger partial charge in [-0.05, 0) is 42.0 Å². The van der Waals surface area contributed by atoms with E-state index < -0.39 is 11.7 Å². The van der Waals surface area contributed by atoms with Crippen LogP contribution in [0.3, 0.4) is 0 Å². The summed E-state index contributed by atoms with van der Waals surface area (Å²) in [6.07, 6.45) is 0. The Morgan fingerprint density at radius 2 is 1.76 bits per heavy atom. The highest BCUT2D eigenvalue weighted by atomic mass is 35.5. The highest BCUT2D eigenvalue weighted by Crippen LogP contribution is 2.16. The highest BCUT2D eigenvalue weighted by Gasteiger charge is 2.08. The van der Waals surface area contributed by atoms with E-state index in [9.17, 15) is 9.18 Å². The molecule has 3 aromatic rings. The molecule has 7 heteroatoms. The highest BCUT2D eigenvalue weighted by molar-refractivity contribution is 6.31. The standard InChI is InChI=1S/C18H14ClFN4O/c19-15-7-2-1-4-13(15)11-21-16-8-9-17(24-23-16)22-18(25)12-5-3-6-14(20)10-12/h1-10H,11H2,(H,21,23)(H,22,24,25). The van der Waals surface area contributed by atoms with E-state index in [2.05, 4.69) is 20.8 Å². The van der Waals surface area contributed by atoms with Crippen molar-refractivity contribution >= 4 is 29.1 Å². The molecule has 1 heterocycles. The molecule has 0 bridgehead atoms. The number of halogens is 2. The van der Waals surface area contributed by atoms with E-state index in [1.807, 2.05) is 24.3 Å². The zero-order chi connectivity index (χ0) is 17.6. The first-order valence-corrected chi connectivity index (χ1v) is 7.87. The molecule has 0 fully saturated rings. The molecule has 126 valence electrons. The van der Waals surface area contributed by atoms with Crippen LogP contribution in [0.5, 0.6) is 0 Å². The molecule has 0 atom stereocenters. The lowest BCUT2D eigenvalue weighted by atomic mass is 10.2. The number of amides is 1. The second kappa shape index (κ2) is 7.72. The predicted molar refractivity (Wildman–Crippen MR) is 95.2 cm³/mol. The van der Waals surface area contributed by atoms with Crippen LogP contribution in [-0.4, -0.2) is 16.1 Å². The van der Waals surface area contributed by atoms with Gasteiger partial charge in [-0.1, -0.05) is 35.9 Å². The molecule has 25 heavy (non-hydrogen) atoms. The summed E-state index contributed by atoms with van der Waals surface area (Å²) in [6.45, 7) is 0.503. The molecule has 3 rings (SSSR count). The smallest absolute Gasteiger partial charge is 0.256 e. The van der Waals surface area contributed by atoms with Crippen molar-refractivity contribution in [3.63, 3.8) is 0 Å². The molecule has 2 N–H and O–H groups in total. The van der Waals surface area contributed by atoms with Gasteiger partial charge in [-0.15, -0.1) is 10.2 Å². The van der Waals surface area contributed by atoms with Crippen LogP contribution in [0.4, 0.5) is 16.0 Å². The first-order chi connectivity index (χ1) is 12.1. The van der Waals surface area contributed by atoms with Crippen molar-refractivity contribution in [2.45, 2.75) is 6.54 Å². The summed E-state index contributed by atoms with van der Waals surface area (Å²) in [5.74, 6) is -0.107. The predicted octanol–water partition coefficient (Wildman–Crippen LogP) is 4.13. The summed E-state index contributed by atoms with van der Waals surface area (Å²) in [5, 5.41) is 14.3. The maximum Gasteiger partial charge on any atom is 0.256 e. The Morgan fingerprint density at radius 1 is 1.00 bits per heavy atom. The van der Waals surface area contributed by atoms with Gasteiger partial charge in [0.25, 0.3) is 5.91 Å². The summed E-state index contributed by atoms with van der Waals surface area (Å²) in [5.41, 5.74) is 1.15. The fourth-order valence-electron chi connectivity index (χ4n) is 2.14. The van der Waals surface area contributed by atoms with Gasteiger partial charge in [0.2, 0.25) is 0 Å². The van der Waals surface area contributed by atoms with Crippen molar-refractivity contribution in [1.82, 2.24) is 10.2 Å². The fourth-order valence-corrected chi connectivity index (χ4v) is 2.34. The lowest BCUT2D eigenvalue weighted by Gasteiger charge is -2.08. The van der Waals surface area contributed by atoms with Crippen molar-refractivity contribution in [2.24, 2.45) is 0 Å². The van der Waals surface area contributed by atoms with Gasteiger partial charge in [-0.25, -0.2) is 4.39 Å². The quantitative estimate of drug-likeness (QED) is 0.721. The van der Waals surface area contributed by atoms with E-state index in [0.29, 0.717) is 17.4 Å². The molecular weight excluding hydrogens is 343 g/mol. The number of hydrogen-bond acceptors (Lipinski definition) is 4. The number of anilines is 2. The van der Waals surface area contributed by atoms with E-state index in [1.165, 1.54) is 18.2 Å². The Balaban J connectivity index is 1.60. The van der Waals surface area contributed by atoms with Crippen molar-refractivity contribution in [1.29, 1.82) is 0 Å². The molecule has 0 aliphatic carbocycles. The van der Waals surface area contributed by atoms with Crippen molar-refractivity contribution < 1.29 is 9.18 Å². The summed E-state index contributed by atoms with van der Waals surface area (Å²) in [6, 6.07) is 16.2. The number of aromatic nitrogens is 2. The third kappa shape index (κ3) is 4.51. The Kier molecular flexibility index (Phi) is 5.20. The molecule has 0 aliphatic rings. The molecular formula is C18H14ClFN4O. The van der Waals surface area contributed by atoms with Crippen LogP contribution < -0.4 is 10.6 Å². The van der Waals surface area contributed by atoms with Crippen LogP contribution in [-0.2, 0) is 6.54 Å². The fraction of sp³-hybridized carbons (Fsp3) is 0.0556. The van der Waals surface area contributed by atoms with Gasteiger partial charge in [0.1, 0.15) is 11.6 Å². The Morgan fingerprint density at radius 3 is 2.48 bits per heavy atom. The summed E-state index contributed by atoms with van der Waals surface area (Å²) in [7, 11) is 0. The summed E-state index contributed by atoms with van der Waals surface area (Å²) >= 11 is 6.09. The molecule has 0 saturated carbocycles. The zero-order valence-corrected chi connectivity index (χ0v) is 13.8. The van der Waals surface area contributed by atoms with Crippen LogP contribution in [0.1, 0.15) is 15.9 Å². The second-order valence-electron chi connectivity index (χ2n) is 5.21. The number of nitrogens with one attached hydrogen (secondary N) is 2. The zero-order valence-electron chi connectivity index (χ0n) is 13.0. The lowest BCUT2D eigenvalue weighted by molar-refractivity contribution is 0.102. The average Bonchev–Trinajstić information content (AvgIpc) is 2.62. The SMILES string of the molecule is O=C(Nc1ccc(NCc2ccccc2Cl)nn1)c1cccc(F)c1. The number of benzene rings is 2. The molecule has 5 nitrogen and oxygen atoms in total. The molecule has 0 unspecified atom stereocenters.